The molecule has 0 saturated carbocycles. The number of likely N-dealkylation sites (N-methyl/N-ethyl adjacent to an activating group) is 1. The van der Waals surface area contributed by atoms with Gasteiger partial charge in [-0.2, -0.15) is 0 Å². The van der Waals surface area contributed by atoms with E-state index in [9.17, 15) is 28.6 Å². The quantitative estimate of drug-likeness (QED) is 0.0272. The minimum absolute atomic E-state index is 0.0766. The summed E-state index contributed by atoms with van der Waals surface area (Å²) >= 11 is 0. The third-order valence-corrected chi connectivity index (χ3v) is 8.17. The Bertz CT molecular complexity index is 924. The van der Waals surface area contributed by atoms with E-state index in [0.29, 0.717) is 69.2 Å². The number of rotatable bonds is 32. The fourth-order valence-corrected chi connectivity index (χ4v) is 4.99. The lowest BCUT2D eigenvalue weighted by molar-refractivity contribution is -0.870. The minimum Gasteiger partial charge on any atom is -0.756 e. The van der Waals surface area contributed by atoms with Crippen molar-refractivity contribution < 1.29 is 61.1 Å². The molecule has 2 unspecified atom stereocenters. The second kappa shape index (κ2) is 28.8. The van der Waals surface area contributed by atoms with Gasteiger partial charge in [0.05, 0.1) is 41.0 Å². The highest BCUT2D eigenvalue weighted by Gasteiger charge is 2.21. The summed E-state index contributed by atoms with van der Waals surface area (Å²) in [5, 5.41) is 0. The molecule has 0 rings (SSSR count). The van der Waals surface area contributed by atoms with E-state index in [0.717, 1.165) is 57.8 Å². The average Bonchev–Trinajstić information content (AvgIpc) is 3.01. The molecule has 0 aromatic carbocycles. The molecule has 0 heterocycles. The van der Waals surface area contributed by atoms with Crippen molar-refractivity contribution in [2.45, 2.75) is 136 Å². The molecule has 13 nitrogen and oxygen atoms in total. The Morgan fingerprint density at radius 1 is 0.562 bits per heavy atom. The SMILES string of the molecule is CCCCCOC(=O)CCCCCCC(=O)OCC(COP(=O)([O-])OCC[N+](C)(C)C)OC(=O)CCCCCCC(=O)OCCCCC. The molecule has 14 heteroatoms. The van der Waals surface area contributed by atoms with Crippen LogP contribution in [-0.4, -0.2) is 95.2 Å². The maximum Gasteiger partial charge on any atom is 0.306 e. The first-order chi connectivity index (χ1) is 22.8. The number of nitrogens with zero attached hydrogens (tertiary/aromatic N) is 1. The highest BCUT2D eigenvalue weighted by Crippen LogP contribution is 2.38. The number of hydrogen-bond acceptors (Lipinski definition) is 12. The van der Waals surface area contributed by atoms with Crippen LogP contribution in [0.2, 0.25) is 0 Å². The summed E-state index contributed by atoms with van der Waals surface area (Å²) in [6.07, 6.45) is 11.0. The maximum absolute atomic E-state index is 12.5. The molecule has 48 heavy (non-hydrogen) atoms. The number of quaternary nitrogens is 1. The highest BCUT2D eigenvalue weighted by atomic mass is 31.2. The molecular formula is C34H64NO12P. The number of hydrogen-bond donors (Lipinski definition) is 0. The summed E-state index contributed by atoms with van der Waals surface area (Å²) < 4.78 is 43.7. The topological polar surface area (TPSA) is 164 Å². The van der Waals surface area contributed by atoms with Gasteiger partial charge in [-0.15, -0.1) is 0 Å². The van der Waals surface area contributed by atoms with E-state index in [2.05, 4.69) is 13.8 Å². The molecule has 0 aliphatic rings. The molecule has 0 amide bonds. The monoisotopic (exact) mass is 709 g/mol. The molecule has 0 N–H and O–H groups in total. The molecule has 0 aliphatic heterocycles. The summed E-state index contributed by atoms with van der Waals surface area (Å²) in [5.74, 6) is -1.51. The number of phosphoric acid groups is 1. The summed E-state index contributed by atoms with van der Waals surface area (Å²) in [6, 6.07) is 0. The van der Waals surface area contributed by atoms with E-state index in [1.807, 2.05) is 21.1 Å². The van der Waals surface area contributed by atoms with Crippen LogP contribution in [0.3, 0.4) is 0 Å². The molecule has 0 radical (unpaired) electrons. The fraction of sp³-hybridized carbons (Fsp3) is 0.882. The number of carbonyl (C=O) groups excluding carboxylic acids is 4. The van der Waals surface area contributed by atoms with Crippen molar-refractivity contribution in [3.05, 3.63) is 0 Å². The molecule has 282 valence electrons. The molecule has 0 aromatic heterocycles. The number of phosphoric ester groups is 1. The zero-order chi connectivity index (χ0) is 36.1. The van der Waals surface area contributed by atoms with Gasteiger partial charge in [0.25, 0.3) is 7.82 Å². The van der Waals surface area contributed by atoms with Crippen LogP contribution in [-0.2, 0) is 51.7 Å². The van der Waals surface area contributed by atoms with Gasteiger partial charge in [0.15, 0.2) is 6.10 Å². The Labute approximate surface area is 288 Å². The van der Waals surface area contributed by atoms with Gasteiger partial charge in [0.1, 0.15) is 19.8 Å². The zero-order valence-corrected chi connectivity index (χ0v) is 31.2. The molecule has 0 aromatic rings. The molecular weight excluding hydrogens is 645 g/mol. The summed E-state index contributed by atoms with van der Waals surface area (Å²) in [6.45, 7) is 4.49. The molecule has 0 spiro atoms. The largest absolute Gasteiger partial charge is 0.756 e. The lowest BCUT2D eigenvalue weighted by Gasteiger charge is -2.28. The van der Waals surface area contributed by atoms with Crippen LogP contribution >= 0.6 is 7.82 Å². The summed E-state index contributed by atoms with van der Waals surface area (Å²) in [5.41, 5.74) is 0. The van der Waals surface area contributed by atoms with Gasteiger partial charge < -0.3 is 37.4 Å². The Morgan fingerprint density at radius 3 is 1.44 bits per heavy atom. The zero-order valence-electron chi connectivity index (χ0n) is 30.3. The van der Waals surface area contributed by atoms with Gasteiger partial charge in [0.2, 0.25) is 0 Å². The highest BCUT2D eigenvalue weighted by molar-refractivity contribution is 7.45. The Kier molecular flexibility index (Phi) is 27.5. The third-order valence-electron chi connectivity index (χ3n) is 7.20. The van der Waals surface area contributed by atoms with Gasteiger partial charge in [0, 0.05) is 25.7 Å². The van der Waals surface area contributed by atoms with E-state index >= 15 is 0 Å². The predicted molar refractivity (Wildman–Crippen MR) is 180 cm³/mol. The van der Waals surface area contributed by atoms with Gasteiger partial charge in [-0.3, -0.25) is 23.7 Å². The molecule has 0 bridgehead atoms. The summed E-state index contributed by atoms with van der Waals surface area (Å²) in [4.78, 5) is 60.6. The van der Waals surface area contributed by atoms with Crippen molar-refractivity contribution in [3.63, 3.8) is 0 Å². The molecule has 0 saturated heterocycles. The van der Waals surface area contributed by atoms with E-state index in [1.54, 1.807) is 0 Å². The Balaban J connectivity index is 4.57. The first kappa shape index (κ1) is 46.0. The van der Waals surface area contributed by atoms with Crippen molar-refractivity contribution in [1.82, 2.24) is 0 Å². The molecule has 2 atom stereocenters. The minimum atomic E-state index is -4.68. The van der Waals surface area contributed by atoms with E-state index in [1.165, 1.54) is 0 Å². The van der Waals surface area contributed by atoms with Crippen molar-refractivity contribution in [2.24, 2.45) is 0 Å². The smallest absolute Gasteiger partial charge is 0.306 e. The number of unbranched alkanes of at least 4 members (excludes halogenated alkanes) is 10. The maximum atomic E-state index is 12.5. The Morgan fingerprint density at radius 2 is 1.00 bits per heavy atom. The van der Waals surface area contributed by atoms with Crippen LogP contribution in [0, 0.1) is 0 Å². The fourth-order valence-electron chi connectivity index (χ4n) is 4.26. The van der Waals surface area contributed by atoms with Crippen LogP contribution < -0.4 is 4.89 Å². The van der Waals surface area contributed by atoms with E-state index < -0.39 is 32.5 Å². The normalized spacial score (nSPS) is 13.4. The van der Waals surface area contributed by atoms with Gasteiger partial charge in [-0.1, -0.05) is 65.2 Å². The third kappa shape index (κ3) is 31.2. The van der Waals surface area contributed by atoms with Crippen LogP contribution in [0.25, 0.3) is 0 Å². The van der Waals surface area contributed by atoms with E-state index in [-0.39, 0.29) is 38.0 Å². The first-order valence-corrected chi connectivity index (χ1v) is 19.3. The van der Waals surface area contributed by atoms with Crippen LogP contribution in [0.4, 0.5) is 0 Å². The lowest BCUT2D eigenvalue weighted by Crippen LogP contribution is -2.37. The van der Waals surface area contributed by atoms with Crippen LogP contribution in [0.1, 0.15) is 129 Å². The van der Waals surface area contributed by atoms with E-state index in [4.69, 9.17) is 28.0 Å². The van der Waals surface area contributed by atoms with Gasteiger partial charge in [-0.05, 0) is 38.5 Å². The number of esters is 4. The van der Waals surface area contributed by atoms with Crippen molar-refractivity contribution >= 4 is 31.7 Å². The van der Waals surface area contributed by atoms with Crippen molar-refractivity contribution in [3.8, 4) is 0 Å². The average molecular weight is 710 g/mol. The van der Waals surface area contributed by atoms with Crippen molar-refractivity contribution in [1.29, 1.82) is 0 Å². The second-order valence-corrected chi connectivity index (χ2v) is 14.5. The molecule has 0 fully saturated rings. The molecule has 0 aliphatic carbocycles. The van der Waals surface area contributed by atoms with Gasteiger partial charge in [-0.25, -0.2) is 0 Å². The first-order valence-electron chi connectivity index (χ1n) is 17.8. The standard InChI is InChI=1S/C34H64NO12P/c1-6-8-18-25-42-31(36)20-14-10-11-16-22-33(38)44-28-30(29-46-48(40,41)45-27-24-35(3,4)5)47-34(39)23-17-13-12-15-21-32(37)43-26-19-9-7-2/h30H,6-29H2,1-5H3. The lowest BCUT2D eigenvalue weighted by atomic mass is 10.1. The van der Waals surface area contributed by atoms with Crippen LogP contribution in [0.5, 0.6) is 0 Å². The van der Waals surface area contributed by atoms with Crippen molar-refractivity contribution in [2.75, 3.05) is 60.7 Å². The van der Waals surface area contributed by atoms with Crippen LogP contribution in [0.15, 0.2) is 0 Å². The Hall–Kier alpha value is -2.05. The number of ether oxygens (including phenoxy) is 4. The second-order valence-electron chi connectivity index (χ2n) is 13.1. The number of carbonyl (C=O) groups is 4. The summed E-state index contributed by atoms with van der Waals surface area (Å²) in [7, 11) is 0.981. The predicted octanol–water partition coefficient (Wildman–Crippen LogP) is 5.80. The van der Waals surface area contributed by atoms with Gasteiger partial charge >= 0.3 is 23.9 Å².